The van der Waals surface area contributed by atoms with Crippen LogP contribution in [0, 0.1) is 11.7 Å². The van der Waals surface area contributed by atoms with E-state index in [1.807, 2.05) is 0 Å². The zero-order valence-corrected chi connectivity index (χ0v) is 11.6. The van der Waals surface area contributed by atoms with E-state index >= 15 is 0 Å². The van der Waals surface area contributed by atoms with Crippen molar-refractivity contribution in [2.75, 3.05) is 11.9 Å². The first-order chi connectivity index (χ1) is 9.60. The van der Waals surface area contributed by atoms with Gasteiger partial charge in [0.05, 0.1) is 23.2 Å². The Morgan fingerprint density at radius 2 is 2.20 bits per heavy atom. The van der Waals surface area contributed by atoms with Crippen LogP contribution in [0.2, 0.25) is 0 Å². The maximum absolute atomic E-state index is 13.2. The van der Waals surface area contributed by atoms with E-state index in [2.05, 4.69) is 22.2 Å². The first-order valence-corrected chi connectivity index (χ1v) is 7.14. The third-order valence-electron chi connectivity index (χ3n) is 4.36. The van der Waals surface area contributed by atoms with Crippen molar-refractivity contribution in [1.82, 2.24) is 9.97 Å². The summed E-state index contributed by atoms with van der Waals surface area (Å²) < 4.78 is 13.2. The van der Waals surface area contributed by atoms with Gasteiger partial charge < -0.3 is 15.4 Å². The highest BCUT2D eigenvalue weighted by Gasteiger charge is 2.34. The van der Waals surface area contributed by atoms with Crippen molar-refractivity contribution in [2.24, 2.45) is 5.92 Å². The van der Waals surface area contributed by atoms with Crippen LogP contribution in [0.25, 0.3) is 11.0 Å². The Morgan fingerprint density at radius 1 is 1.45 bits per heavy atom. The number of fused-ring (bicyclic) bond motifs is 1. The van der Waals surface area contributed by atoms with Crippen LogP contribution < -0.4 is 5.32 Å². The fourth-order valence-electron chi connectivity index (χ4n) is 2.93. The second kappa shape index (κ2) is 5.05. The predicted molar refractivity (Wildman–Crippen MR) is 77.1 cm³/mol. The number of anilines is 1. The van der Waals surface area contributed by atoms with E-state index < -0.39 is 0 Å². The summed E-state index contributed by atoms with van der Waals surface area (Å²) >= 11 is 0. The highest BCUT2D eigenvalue weighted by Crippen LogP contribution is 2.34. The largest absolute Gasteiger partial charge is 0.394 e. The fraction of sp³-hybridized carbons (Fsp3) is 0.533. The monoisotopic (exact) mass is 277 g/mol. The van der Waals surface area contributed by atoms with Gasteiger partial charge in [-0.15, -0.1) is 0 Å². The molecule has 0 aliphatic heterocycles. The molecule has 1 aliphatic carbocycles. The molecule has 0 bridgehead atoms. The highest BCUT2D eigenvalue weighted by atomic mass is 19.1. The van der Waals surface area contributed by atoms with Gasteiger partial charge in [-0.1, -0.05) is 6.92 Å². The summed E-state index contributed by atoms with van der Waals surface area (Å²) in [6.45, 7) is 2.33. The lowest BCUT2D eigenvalue weighted by Crippen LogP contribution is -2.45. The van der Waals surface area contributed by atoms with Gasteiger partial charge in [-0.25, -0.2) is 9.37 Å². The average molecular weight is 277 g/mol. The van der Waals surface area contributed by atoms with Crippen molar-refractivity contribution in [1.29, 1.82) is 0 Å². The van der Waals surface area contributed by atoms with Crippen LogP contribution in [0.1, 0.15) is 32.6 Å². The normalized spacial score (nSPS) is 26.9. The van der Waals surface area contributed by atoms with Crippen molar-refractivity contribution >= 4 is 17.0 Å². The van der Waals surface area contributed by atoms with Gasteiger partial charge in [0.25, 0.3) is 0 Å². The number of aliphatic hydroxyl groups is 1. The second-order valence-electron chi connectivity index (χ2n) is 5.99. The first-order valence-electron chi connectivity index (χ1n) is 7.14. The summed E-state index contributed by atoms with van der Waals surface area (Å²) in [5.41, 5.74) is 1.09. The number of halogens is 1. The van der Waals surface area contributed by atoms with E-state index in [0.717, 1.165) is 31.2 Å². The Morgan fingerprint density at radius 3 is 2.90 bits per heavy atom. The molecule has 5 heteroatoms. The van der Waals surface area contributed by atoms with E-state index in [9.17, 15) is 9.50 Å². The number of aliphatic hydroxyl groups excluding tert-OH is 1. The molecule has 1 fully saturated rings. The number of aromatic amines is 1. The number of benzene rings is 1. The number of nitrogens with zero attached hydrogens (tertiary/aromatic N) is 1. The summed E-state index contributed by atoms with van der Waals surface area (Å²) in [6.07, 6.45) is 4.05. The third-order valence-corrected chi connectivity index (χ3v) is 4.36. The smallest absolute Gasteiger partial charge is 0.201 e. The van der Waals surface area contributed by atoms with Crippen LogP contribution in [-0.2, 0) is 0 Å². The van der Waals surface area contributed by atoms with Crippen molar-refractivity contribution in [2.45, 2.75) is 38.1 Å². The number of hydrogen-bond acceptors (Lipinski definition) is 3. The molecular weight excluding hydrogens is 257 g/mol. The molecule has 0 amide bonds. The molecule has 2 aromatic rings. The molecular formula is C15H20FN3O. The average Bonchev–Trinajstić information content (AvgIpc) is 2.83. The summed E-state index contributed by atoms with van der Waals surface area (Å²) in [4.78, 5) is 7.50. The number of H-pyrrole nitrogens is 1. The first kappa shape index (κ1) is 13.4. The molecule has 1 heterocycles. The molecule has 0 unspecified atom stereocenters. The Hall–Kier alpha value is -1.62. The van der Waals surface area contributed by atoms with Crippen LogP contribution in [0.15, 0.2) is 18.2 Å². The molecule has 1 aliphatic rings. The quantitative estimate of drug-likeness (QED) is 0.808. The molecule has 1 saturated carbocycles. The predicted octanol–water partition coefficient (Wildman–Crippen LogP) is 3.06. The molecule has 108 valence electrons. The molecule has 3 rings (SSSR count). The van der Waals surface area contributed by atoms with Crippen LogP contribution >= 0.6 is 0 Å². The SMILES string of the molecule is CC1CCC(CO)(Nc2nc3ccc(F)cc3[nH]2)CC1. The van der Waals surface area contributed by atoms with Crippen molar-refractivity contribution in [3.8, 4) is 0 Å². The molecule has 20 heavy (non-hydrogen) atoms. The number of rotatable bonds is 3. The maximum Gasteiger partial charge on any atom is 0.201 e. The molecule has 0 saturated heterocycles. The van der Waals surface area contributed by atoms with E-state index in [-0.39, 0.29) is 18.0 Å². The number of imidazole rings is 1. The van der Waals surface area contributed by atoms with Gasteiger partial charge in [-0.05, 0) is 49.8 Å². The molecule has 1 aromatic carbocycles. The van der Waals surface area contributed by atoms with Gasteiger partial charge in [-0.2, -0.15) is 0 Å². The van der Waals surface area contributed by atoms with Gasteiger partial charge in [0.15, 0.2) is 0 Å². The van der Waals surface area contributed by atoms with Gasteiger partial charge in [-0.3, -0.25) is 0 Å². The van der Waals surface area contributed by atoms with Crippen LogP contribution in [0.3, 0.4) is 0 Å². The topological polar surface area (TPSA) is 60.9 Å². The van der Waals surface area contributed by atoms with Crippen molar-refractivity contribution < 1.29 is 9.50 Å². The summed E-state index contributed by atoms with van der Waals surface area (Å²) in [5.74, 6) is 1.03. The zero-order chi connectivity index (χ0) is 14.2. The standard InChI is InChI=1S/C15H20FN3O/c1-10-4-6-15(9-20,7-5-10)19-14-17-12-3-2-11(16)8-13(12)18-14/h2-3,8,10,20H,4-7,9H2,1H3,(H2,17,18,19). The number of hydrogen-bond donors (Lipinski definition) is 3. The van der Waals surface area contributed by atoms with Gasteiger partial charge in [0.1, 0.15) is 5.82 Å². The Kier molecular flexibility index (Phi) is 3.38. The lowest BCUT2D eigenvalue weighted by Gasteiger charge is -2.38. The molecule has 0 spiro atoms. The minimum absolute atomic E-state index is 0.0884. The van der Waals surface area contributed by atoms with Crippen molar-refractivity contribution in [3.05, 3.63) is 24.0 Å². The van der Waals surface area contributed by atoms with E-state index in [1.54, 1.807) is 6.07 Å². The maximum atomic E-state index is 13.2. The van der Waals surface area contributed by atoms with Crippen LogP contribution in [0.4, 0.5) is 10.3 Å². The summed E-state index contributed by atoms with van der Waals surface area (Å²) in [6, 6.07) is 4.49. The Labute approximate surface area is 117 Å². The molecule has 0 atom stereocenters. The van der Waals surface area contributed by atoms with E-state index in [0.29, 0.717) is 17.4 Å². The molecule has 4 nitrogen and oxygen atoms in total. The molecule has 0 radical (unpaired) electrons. The van der Waals surface area contributed by atoms with Gasteiger partial charge in [0.2, 0.25) is 5.95 Å². The molecule has 3 N–H and O–H groups in total. The lowest BCUT2D eigenvalue weighted by atomic mass is 9.77. The molecule has 1 aromatic heterocycles. The minimum Gasteiger partial charge on any atom is -0.394 e. The Bertz CT molecular complexity index is 602. The van der Waals surface area contributed by atoms with Crippen molar-refractivity contribution in [3.63, 3.8) is 0 Å². The summed E-state index contributed by atoms with van der Waals surface area (Å²) in [5, 5.41) is 13.1. The Balaban J connectivity index is 1.84. The second-order valence-corrected chi connectivity index (χ2v) is 5.99. The zero-order valence-electron chi connectivity index (χ0n) is 11.6. The highest BCUT2D eigenvalue weighted by molar-refractivity contribution is 5.77. The van der Waals surface area contributed by atoms with E-state index in [4.69, 9.17) is 0 Å². The minimum atomic E-state index is -0.307. The van der Waals surface area contributed by atoms with Gasteiger partial charge in [0, 0.05) is 0 Å². The van der Waals surface area contributed by atoms with Gasteiger partial charge >= 0.3 is 0 Å². The van der Waals surface area contributed by atoms with Crippen LogP contribution in [0.5, 0.6) is 0 Å². The number of nitrogens with one attached hydrogen (secondary N) is 2. The third kappa shape index (κ3) is 2.50. The fourth-order valence-corrected chi connectivity index (χ4v) is 2.93. The summed E-state index contributed by atoms with van der Waals surface area (Å²) in [7, 11) is 0. The van der Waals surface area contributed by atoms with Crippen LogP contribution in [-0.4, -0.2) is 27.2 Å². The number of aromatic nitrogens is 2. The van der Waals surface area contributed by atoms with E-state index in [1.165, 1.54) is 12.1 Å². The lowest BCUT2D eigenvalue weighted by molar-refractivity contribution is 0.154.